The van der Waals surface area contributed by atoms with Crippen LogP contribution >= 0.6 is 0 Å². The summed E-state index contributed by atoms with van der Waals surface area (Å²) in [5.74, 6) is 0.277. The van der Waals surface area contributed by atoms with Crippen LogP contribution in [0.5, 0.6) is 0 Å². The summed E-state index contributed by atoms with van der Waals surface area (Å²) in [6.07, 6.45) is 5.44. The number of hydrogen-bond donors (Lipinski definition) is 0. The second-order valence-corrected chi connectivity index (χ2v) is 5.15. The third kappa shape index (κ3) is 1.49. The average molecular weight is 216 g/mol. The Morgan fingerprint density at radius 2 is 2.00 bits per heavy atom. The summed E-state index contributed by atoms with van der Waals surface area (Å²) in [7, 11) is 0. The number of allylic oxidation sites excluding steroid dienone is 2. The van der Waals surface area contributed by atoms with Crippen LogP contribution in [0, 0.1) is 11.3 Å². The minimum absolute atomic E-state index is 0. The molecule has 1 heterocycles. The van der Waals surface area contributed by atoms with E-state index in [-0.39, 0.29) is 30.1 Å². The Balaban J connectivity index is 0.000000963. The predicted molar refractivity (Wildman–Crippen MR) is 52.8 cm³/mol. The van der Waals surface area contributed by atoms with Gasteiger partial charge in [0.25, 0.3) is 0 Å². The maximum atomic E-state index is 11.4. The first-order valence-corrected chi connectivity index (χ1v) is 5.82. The normalized spacial score (nSPS) is 40.3. The van der Waals surface area contributed by atoms with Crippen molar-refractivity contribution >= 4 is 0 Å². The number of hydrogen-bond acceptors (Lipinski definition) is 3. The Morgan fingerprint density at radius 3 is 2.69 bits per heavy atom. The van der Waals surface area contributed by atoms with Crippen LogP contribution in [0.4, 0.5) is 0 Å². The Morgan fingerprint density at radius 1 is 1.31 bits per heavy atom. The standard InChI is InChI=1S/C12H18O3.Li/c1-11-4-3-10(13)8-9(11)2-5-12(11)14-6-7-15-12;/h8-9,13H,2-7H2,1H3;/q;+1/p-1/t9-,11?;/m0./s1. The topological polar surface area (TPSA) is 41.5 Å². The van der Waals surface area contributed by atoms with Crippen molar-refractivity contribution in [1.29, 1.82) is 0 Å². The fourth-order valence-corrected chi connectivity index (χ4v) is 3.49. The van der Waals surface area contributed by atoms with Gasteiger partial charge in [0.05, 0.1) is 13.2 Å². The summed E-state index contributed by atoms with van der Waals surface area (Å²) in [6.45, 7) is 3.63. The molecule has 2 fully saturated rings. The third-order valence-corrected chi connectivity index (χ3v) is 4.50. The van der Waals surface area contributed by atoms with E-state index in [4.69, 9.17) is 9.47 Å². The molecular formula is C12H17LiO3. The molecule has 1 saturated heterocycles. The first kappa shape index (κ1) is 12.5. The zero-order chi connectivity index (χ0) is 10.5. The molecule has 16 heavy (non-hydrogen) atoms. The van der Waals surface area contributed by atoms with Crippen LogP contribution in [0.2, 0.25) is 0 Å². The maximum absolute atomic E-state index is 11.4. The van der Waals surface area contributed by atoms with Gasteiger partial charge in [-0.2, -0.15) is 0 Å². The van der Waals surface area contributed by atoms with Gasteiger partial charge in [0, 0.05) is 11.8 Å². The Hall–Kier alpha value is 0.0574. The molecule has 0 aromatic heterocycles. The zero-order valence-electron chi connectivity index (χ0n) is 10.1. The maximum Gasteiger partial charge on any atom is 1.00 e. The summed E-state index contributed by atoms with van der Waals surface area (Å²) in [4.78, 5) is 0. The summed E-state index contributed by atoms with van der Waals surface area (Å²) >= 11 is 0. The van der Waals surface area contributed by atoms with Gasteiger partial charge in [-0.05, 0) is 25.2 Å². The quantitative estimate of drug-likeness (QED) is 0.448. The smallest absolute Gasteiger partial charge is 0.876 e. The molecule has 84 valence electrons. The Kier molecular flexibility index (Phi) is 3.18. The van der Waals surface area contributed by atoms with Crippen molar-refractivity contribution in [3.63, 3.8) is 0 Å². The van der Waals surface area contributed by atoms with Gasteiger partial charge < -0.3 is 14.6 Å². The molecule has 0 aromatic carbocycles. The second-order valence-electron chi connectivity index (χ2n) is 5.15. The van der Waals surface area contributed by atoms with E-state index in [1.54, 1.807) is 0 Å². The first-order chi connectivity index (χ1) is 7.16. The van der Waals surface area contributed by atoms with Crippen molar-refractivity contribution in [2.24, 2.45) is 11.3 Å². The monoisotopic (exact) mass is 216 g/mol. The summed E-state index contributed by atoms with van der Waals surface area (Å²) < 4.78 is 11.7. The minimum Gasteiger partial charge on any atom is -0.876 e. The van der Waals surface area contributed by atoms with Crippen LogP contribution < -0.4 is 24.0 Å². The average Bonchev–Trinajstić information content (AvgIpc) is 2.78. The summed E-state index contributed by atoms with van der Waals surface area (Å²) in [6, 6.07) is 0. The Labute approximate surface area is 108 Å². The molecule has 1 unspecified atom stereocenters. The van der Waals surface area contributed by atoms with E-state index in [0.29, 0.717) is 31.3 Å². The van der Waals surface area contributed by atoms with Crippen LogP contribution in [-0.2, 0) is 9.47 Å². The molecule has 0 bridgehead atoms. The van der Waals surface area contributed by atoms with E-state index < -0.39 is 0 Å². The van der Waals surface area contributed by atoms with Gasteiger partial charge in [0.15, 0.2) is 5.79 Å². The molecule has 0 radical (unpaired) electrons. The van der Waals surface area contributed by atoms with Crippen molar-refractivity contribution in [1.82, 2.24) is 0 Å². The zero-order valence-corrected chi connectivity index (χ0v) is 10.1. The van der Waals surface area contributed by atoms with E-state index in [1.165, 1.54) is 0 Å². The molecule has 2 atom stereocenters. The van der Waals surface area contributed by atoms with Crippen LogP contribution in [-0.4, -0.2) is 19.0 Å². The van der Waals surface area contributed by atoms with Gasteiger partial charge in [0.1, 0.15) is 0 Å². The number of ether oxygens (including phenoxy) is 2. The van der Waals surface area contributed by atoms with E-state index in [2.05, 4.69) is 6.92 Å². The molecule has 3 rings (SSSR count). The van der Waals surface area contributed by atoms with Gasteiger partial charge >= 0.3 is 18.9 Å². The summed E-state index contributed by atoms with van der Waals surface area (Å²) in [5, 5.41) is 11.4. The molecule has 1 saturated carbocycles. The van der Waals surface area contributed by atoms with E-state index in [0.717, 1.165) is 19.3 Å². The van der Waals surface area contributed by atoms with Gasteiger partial charge in [-0.25, -0.2) is 0 Å². The molecule has 0 aromatic rings. The fourth-order valence-electron chi connectivity index (χ4n) is 3.49. The van der Waals surface area contributed by atoms with E-state index in [9.17, 15) is 5.11 Å². The molecule has 3 nitrogen and oxygen atoms in total. The number of rotatable bonds is 0. The molecule has 1 aliphatic heterocycles. The molecule has 3 aliphatic rings. The van der Waals surface area contributed by atoms with Gasteiger partial charge in [-0.1, -0.05) is 13.0 Å². The van der Waals surface area contributed by atoms with E-state index >= 15 is 0 Å². The third-order valence-electron chi connectivity index (χ3n) is 4.50. The Bertz CT molecular complexity index is 309. The van der Waals surface area contributed by atoms with Crippen molar-refractivity contribution in [2.75, 3.05) is 13.2 Å². The molecule has 1 spiro atoms. The van der Waals surface area contributed by atoms with Crippen LogP contribution in [0.1, 0.15) is 32.6 Å². The van der Waals surface area contributed by atoms with Crippen molar-refractivity contribution in [2.45, 2.75) is 38.4 Å². The van der Waals surface area contributed by atoms with Crippen molar-refractivity contribution in [3.05, 3.63) is 11.8 Å². The molecule has 2 aliphatic carbocycles. The summed E-state index contributed by atoms with van der Waals surface area (Å²) in [5.41, 5.74) is 0.0252. The fraction of sp³-hybridized carbons (Fsp3) is 0.833. The molecular weight excluding hydrogens is 199 g/mol. The van der Waals surface area contributed by atoms with Crippen LogP contribution in [0.25, 0.3) is 0 Å². The largest absolute Gasteiger partial charge is 1.00 e. The first-order valence-electron chi connectivity index (χ1n) is 5.82. The van der Waals surface area contributed by atoms with Crippen LogP contribution in [0.15, 0.2) is 11.8 Å². The minimum atomic E-state index is -0.380. The van der Waals surface area contributed by atoms with Gasteiger partial charge in [-0.15, -0.1) is 5.76 Å². The molecule has 0 amide bonds. The van der Waals surface area contributed by atoms with Gasteiger partial charge in [-0.3, -0.25) is 0 Å². The molecule has 0 N–H and O–H groups in total. The predicted octanol–water partition coefficient (Wildman–Crippen LogP) is -1.81. The van der Waals surface area contributed by atoms with Gasteiger partial charge in [0.2, 0.25) is 0 Å². The van der Waals surface area contributed by atoms with Crippen molar-refractivity contribution in [3.8, 4) is 0 Å². The van der Waals surface area contributed by atoms with Crippen molar-refractivity contribution < 1.29 is 33.4 Å². The van der Waals surface area contributed by atoms with E-state index in [1.807, 2.05) is 6.08 Å². The number of fused-ring (bicyclic) bond motifs is 2. The second kappa shape index (κ2) is 4.06. The SMILES string of the molecule is CC12CCC([O-])=C[C@@H]1CCC21OCCO1.[Li+]. The molecule has 4 heteroatoms. The van der Waals surface area contributed by atoms with Crippen LogP contribution in [0.3, 0.4) is 0 Å².